The van der Waals surface area contributed by atoms with Crippen LogP contribution in [0, 0.1) is 11.8 Å². The molecule has 0 saturated carbocycles. The van der Waals surface area contributed by atoms with Crippen molar-refractivity contribution in [3.8, 4) is 11.8 Å². The summed E-state index contributed by atoms with van der Waals surface area (Å²) in [6.45, 7) is 0. The maximum absolute atomic E-state index is 5.73. The average molecular weight is 245 g/mol. The van der Waals surface area contributed by atoms with Gasteiger partial charge in [-0.05, 0) is 18.2 Å². The summed E-state index contributed by atoms with van der Waals surface area (Å²) in [5, 5.41) is 1.23. The lowest BCUT2D eigenvalue weighted by Gasteiger charge is -1.96. The van der Waals surface area contributed by atoms with Crippen molar-refractivity contribution >= 4 is 33.2 Å². The van der Waals surface area contributed by atoms with Crippen molar-refractivity contribution in [2.75, 3.05) is 11.1 Å². The first-order valence-corrected chi connectivity index (χ1v) is 4.84. The zero-order valence-corrected chi connectivity index (χ0v) is 8.61. The predicted molar refractivity (Wildman–Crippen MR) is 56.5 cm³/mol. The molecule has 0 unspecified atom stereocenters. The number of nitrogen functional groups attached to an aromatic ring is 1. The Labute approximate surface area is 85.0 Å². The highest BCUT2D eigenvalue weighted by Gasteiger charge is 1.94. The molecule has 0 fully saturated rings. The van der Waals surface area contributed by atoms with E-state index in [0.29, 0.717) is 16.0 Å². The molecule has 0 bridgehead atoms. The van der Waals surface area contributed by atoms with Gasteiger partial charge < -0.3 is 5.73 Å². The number of nitrogens with two attached hydrogens (primary N) is 1. The van der Waals surface area contributed by atoms with Gasteiger partial charge in [0, 0.05) is 5.56 Å². The average Bonchev–Trinajstić information content (AvgIpc) is 2.07. The second kappa shape index (κ2) is 4.39. The van der Waals surface area contributed by atoms with E-state index in [1.807, 2.05) is 6.07 Å². The molecule has 1 aromatic rings. The van der Waals surface area contributed by atoms with Crippen molar-refractivity contribution in [1.82, 2.24) is 0 Å². The molecular formula is C9H7BrClN. The normalized spacial score (nSPS) is 8.83. The second-order valence-corrected chi connectivity index (χ2v) is 3.14. The first-order valence-electron chi connectivity index (χ1n) is 3.34. The van der Waals surface area contributed by atoms with E-state index in [2.05, 4.69) is 27.8 Å². The largest absolute Gasteiger partial charge is 0.397 e. The lowest BCUT2D eigenvalue weighted by Crippen LogP contribution is -1.86. The zero-order chi connectivity index (χ0) is 8.97. The van der Waals surface area contributed by atoms with Gasteiger partial charge in [-0.3, -0.25) is 0 Å². The lowest BCUT2D eigenvalue weighted by atomic mass is 10.2. The van der Waals surface area contributed by atoms with E-state index in [4.69, 9.17) is 17.3 Å². The van der Waals surface area contributed by atoms with Gasteiger partial charge in [-0.25, -0.2) is 0 Å². The Morgan fingerprint density at radius 2 is 2.25 bits per heavy atom. The van der Waals surface area contributed by atoms with Gasteiger partial charge >= 0.3 is 0 Å². The third kappa shape index (κ3) is 2.44. The minimum absolute atomic E-state index is 0.568. The van der Waals surface area contributed by atoms with E-state index in [9.17, 15) is 0 Å². The molecule has 0 aromatic heterocycles. The minimum Gasteiger partial charge on any atom is -0.397 e. The van der Waals surface area contributed by atoms with Gasteiger partial charge in [-0.2, -0.15) is 0 Å². The van der Waals surface area contributed by atoms with Crippen LogP contribution < -0.4 is 5.73 Å². The molecule has 0 heterocycles. The maximum Gasteiger partial charge on any atom is 0.0649 e. The third-order valence-corrected chi connectivity index (χ3v) is 1.92. The molecule has 1 nitrogen and oxygen atoms in total. The quantitative estimate of drug-likeness (QED) is 0.424. The van der Waals surface area contributed by atoms with Gasteiger partial charge in [-0.15, -0.1) is 0 Å². The monoisotopic (exact) mass is 243 g/mol. The second-order valence-electron chi connectivity index (χ2n) is 2.17. The van der Waals surface area contributed by atoms with Crippen molar-refractivity contribution in [1.29, 1.82) is 0 Å². The van der Waals surface area contributed by atoms with Crippen LogP contribution in [0.25, 0.3) is 0 Å². The van der Waals surface area contributed by atoms with Crippen LogP contribution in [0.2, 0.25) is 5.02 Å². The highest BCUT2D eigenvalue weighted by atomic mass is 79.9. The summed E-state index contributed by atoms with van der Waals surface area (Å²) < 4.78 is 0. The van der Waals surface area contributed by atoms with Crippen molar-refractivity contribution in [3.05, 3.63) is 28.8 Å². The summed E-state index contributed by atoms with van der Waals surface area (Å²) in [5.74, 6) is 5.81. The smallest absolute Gasteiger partial charge is 0.0649 e. The fourth-order valence-electron chi connectivity index (χ4n) is 0.757. The minimum atomic E-state index is 0.568. The van der Waals surface area contributed by atoms with Crippen LogP contribution in [0.4, 0.5) is 5.69 Å². The predicted octanol–water partition coefficient (Wildman–Crippen LogP) is 2.67. The number of anilines is 1. The van der Waals surface area contributed by atoms with E-state index in [-0.39, 0.29) is 0 Å². The molecule has 0 aliphatic carbocycles. The Hall–Kier alpha value is -0.650. The summed E-state index contributed by atoms with van der Waals surface area (Å²) >= 11 is 8.94. The summed E-state index contributed by atoms with van der Waals surface area (Å²) in [7, 11) is 0. The van der Waals surface area contributed by atoms with Crippen LogP contribution in [0.1, 0.15) is 5.56 Å². The van der Waals surface area contributed by atoms with Crippen LogP contribution in [-0.4, -0.2) is 5.33 Å². The van der Waals surface area contributed by atoms with Crippen molar-refractivity contribution < 1.29 is 0 Å². The Morgan fingerprint density at radius 3 is 2.83 bits per heavy atom. The van der Waals surface area contributed by atoms with Crippen LogP contribution in [0.15, 0.2) is 18.2 Å². The Bertz CT molecular complexity index is 338. The van der Waals surface area contributed by atoms with Crippen LogP contribution in [-0.2, 0) is 0 Å². The molecule has 0 atom stereocenters. The Balaban J connectivity index is 2.97. The third-order valence-electron chi connectivity index (χ3n) is 1.30. The standard InChI is InChI=1S/C9H7BrClN/c10-5-1-2-7-3-4-8(11)9(12)6-7/h3-4,6H,5,12H2. The zero-order valence-electron chi connectivity index (χ0n) is 6.27. The van der Waals surface area contributed by atoms with E-state index >= 15 is 0 Å². The molecular weight excluding hydrogens is 237 g/mol. The van der Waals surface area contributed by atoms with Crippen molar-refractivity contribution in [2.45, 2.75) is 0 Å². The molecule has 2 N–H and O–H groups in total. The number of hydrogen-bond acceptors (Lipinski definition) is 1. The van der Waals surface area contributed by atoms with Gasteiger partial charge in [0.15, 0.2) is 0 Å². The molecule has 0 aliphatic rings. The summed E-state index contributed by atoms with van der Waals surface area (Å²) in [6.07, 6.45) is 0. The molecule has 0 aliphatic heterocycles. The fourth-order valence-corrected chi connectivity index (χ4v) is 1.01. The molecule has 0 amide bonds. The molecule has 62 valence electrons. The van der Waals surface area contributed by atoms with Crippen molar-refractivity contribution in [2.24, 2.45) is 0 Å². The van der Waals surface area contributed by atoms with Crippen LogP contribution >= 0.6 is 27.5 Å². The van der Waals surface area contributed by atoms with E-state index in [1.165, 1.54) is 0 Å². The first kappa shape index (κ1) is 9.44. The van der Waals surface area contributed by atoms with Gasteiger partial charge in [0.2, 0.25) is 0 Å². The van der Waals surface area contributed by atoms with Crippen molar-refractivity contribution in [3.63, 3.8) is 0 Å². The molecule has 1 rings (SSSR count). The van der Waals surface area contributed by atoms with Crippen LogP contribution in [0.5, 0.6) is 0 Å². The molecule has 0 radical (unpaired) electrons. The number of rotatable bonds is 0. The van der Waals surface area contributed by atoms with E-state index in [1.54, 1.807) is 12.1 Å². The first-order chi connectivity index (χ1) is 5.74. The summed E-state index contributed by atoms with van der Waals surface area (Å²) in [5.41, 5.74) is 7.03. The lowest BCUT2D eigenvalue weighted by molar-refractivity contribution is 1.63. The molecule has 12 heavy (non-hydrogen) atoms. The Kier molecular flexibility index (Phi) is 3.46. The number of hydrogen-bond donors (Lipinski definition) is 1. The van der Waals surface area contributed by atoms with E-state index < -0.39 is 0 Å². The SMILES string of the molecule is Nc1cc(C#CCBr)ccc1Cl. The Morgan fingerprint density at radius 1 is 1.50 bits per heavy atom. The molecule has 0 spiro atoms. The molecule has 3 heteroatoms. The number of halogens is 2. The fraction of sp³-hybridized carbons (Fsp3) is 0.111. The maximum atomic E-state index is 5.73. The number of benzene rings is 1. The highest BCUT2D eigenvalue weighted by molar-refractivity contribution is 9.09. The summed E-state index contributed by atoms with van der Waals surface area (Å²) in [4.78, 5) is 0. The van der Waals surface area contributed by atoms with Gasteiger partial charge in [0.05, 0.1) is 16.0 Å². The topological polar surface area (TPSA) is 26.0 Å². The van der Waals surface area contributed by atoms with Gasteiger partial charge in [0.25, 0.3) is 0 Å². The molecule has 1 aromatic carbocycles. The van der Waals surface area contributed by atoms with Gasteiger partial charge in [-0.1, -0.05) is 39.4 Å². The molecule has 0 saturated heterocycles. The number of alkyl halides is 1. The summed E-state index contributed by atoms with van der Waals surface area (Å²) in [6, 6.07) is 5.35. The van der Waals surface area contributed by atoms with Crippen LogP contribution in [0.3, 0.4) is 0 Å². The highest BCUT2D eigenvalue weighted by Crippen LogP contribution is 2.18. The van der Waals surface area contributed by atoms with E-state index in [0.717, 1.165) is 5.56 Å². The van der Waals surface area contributed by atoms with Gasteiger partial charge in [0.1, 0.15) is 0 Å².